The number of nitrogens with one attached hydrogen (secondary N) is 2. The van der Waals surface area contributed by atoms with E-state index >= 15 is 0 Å². The fraction of sp³-hybridized carbons (Fsp3) is 0.435. The zero-order valence-corrected chi connectivity index (χ0v) is 16.8. The summed E-state index contributed by atoms with van der Waals surface area (Å²) in [5, 5.41) is 6.13. The van der Waals surface area contributed by atoms with E-state index in [2.05, 4.69) is 65.9 Å². The molecule has 2 aliphatic heterocycles. The molecule has 0 aromatic heterocycles. The first-order valence-corrected chi connectivity index (χ1v) is 10.1. The van der Waals surface area contributed by atoms with Gasteiger partial charge in [0, 0.05) is 50.1 Å². The molecule has 2 aromatic carbocycles. The lowest BCUT2D eigenvalue weighted by atomic mass is 9.72. The van der Waals surface area contributed by atoms with Crippen molar-refractivity contribution in [2.75, 3.05) is 43.6 Å². The number of fused-ring (bicyclic) bond motifs is 1. The highest BCUT2D eigenvalue weighted by atomic mass is 16.5. The van der Waals surface area contributed by atoms with Crippen molar-refractivity contribution in [3.63, 3.8) is 0 Å². The summed E-state index contributed by atoms with van der Waals surface area (Å²) in [6.45, 7) is 5.25. The fourth-order valence-corrected chi connectivity index (χ4v) is 4.51. The number of ether oxygens (including phenoxy) is 1. The van der Waals surface area contributed by atoms with E-state index in [1.54, 1.807) is 0 Å². The highest BCUT2D eigenvalue weighted by Gasteiger charge is 2.35. The van der Waals surface area contributed by atoms with E-state index in [1.807, 2.05) is 6.07 Å². The summed E-state index contributed by atoms with van der Waals surface area (Å²) in [4.78, 5) is 14.9. The summed E-state index contributed by atoms with van der Waals surface area (Å²) in [6, 6.07) is 14.5. The van der Waals surface area contributed by atoms with E-state index < -0.39 is 0 Å². The smallest absolute Gasteiger partial charge is 0.319 e. The SMILES string of the molecule is Cc1ccccc1C1(CNC(=O)Nc2ccc3c(c2)N(C)CC3)CCOCC1. The van der Waals surface area contributed by atoms with Gasteiger partial charge >= 0.3 is 6.03 Å². The molecule has 4 rings (SSSR count). The van der Waals surface area contributed by atoms with Gasteiger partial charge in [-0.3, -0.25) is 0 Å². The zero-order valence-electron chi connectivity index (χ0n) is 16.8. The lowest BCUT2D eigenvalue weighted by Gasteiger charge is -2.39. The maximum atomic E-state index is 12.6. The van der Waals surface area contributed by atoms with Crippen molar-refractivity contribution < 1.29 is 9.53 Å². The number of likely N-dealkylation sites (N-methyl/N-ethyl adjacent to an activating group) is 1. The molecule has 2 aromatic rings. The normalized spacial score (nSPS) is 17.9. The van der Waals surface area contributed by atoms with Gasteiger partial charge in [0.05, 0.1) is 0 Å². The van der Waals surface area contributed by atoms with Gasteiger partial charge in [-0.25, -0.2) is 4.79 Å². The summed E-state index contributed by atoms with van der Waals surface area (Å²) in [7, 11) is 2.09. The van der Waals surface area contributed by atoms with Crippen LogP contribution in [0.25, 0.3) is 0 Å². The average molecular weight is 380 g/mol. The van der Waals surface area contributed by atoms with Gasteiger partial charge in [-0.1, -0.05) is 30.3 Å². The van der Waals surface area contributed by atoms with E-state index in [1.165, 1.54) is 22.4 Å². The molecule has 5 heteroatoms. The van der Waals surface area contributed by atoms with Crippen molar-refractivity contribution in [3.8, 4) is 0 Å². The van der Waals surface area contributed by atoms with Crippen LogP contribution < -0.4 is 15.5 Å². The van der Waals surface area contributed by atoms with Gasteiger partial charge in [0.15, 0.2) is 0 Å². The van der Waals surface area contributed by atoms with E-state index in [0.29, 0.717) is 6.54 Å². The van der Waals surface area contributed by atoms with Crippen LogP contribution in [0.1, 0.15) is 29.5 Å². The highest BCUT2D eigenvalue weighted by Crippen LogP contribution is 2.36. The molecule has 0 saturated carbocycles. The second kappa shape index (κ2) is 7.84. The van der Waals surface area contributed by atoms with E-state index in [0.717, 1.165) is 44.7 Å². The Kier molecular flexibility index (Phi) is 5.27. The molecular weight excluding hydrogens is 350 g/mol. The molecule has 1 fully saturated rings. The molecule has 2 aliphatic rings. The second-order valence-electron chi connectivity index (χ2n) is 8.03. The van der Waals surface area contributed by atoms with Crippen LogP contribution in [-0.4, -0.2) is 39.4 Å². The van der Waals surface area contributed by atoms with E-state index in [4.69, 9.17) is 4.74 Å². The molecular formula is C23H29N3O2. The minimum atomic E-state index is -0.153. The number of rotatable bonds is 4. The Morgan fingerprint density at radius 3 is 2.75 bits per heavy atom. The molecule has 0 radical (unpaired) electrons. The minimum Gasteiger partial charge on any atom is -0.381 e. The van der Waals surface area contributed by atoms with Crippen LogP contribution in [0.15, 0.2) is 42.5 Å². The first-order valence-electron chi connectivity index (χ1n) is 10.1. The van der Waals surface area contributed by atoms with Gasteiger partial charge in [0.2, 0.25) is 0 Å². The van der Waals surface area contributed by atoms with Gasteiger partial charge in [0.25, 0.3) is 0 Å². The number of benzene rings is 2. The van der Waals surface area contributed by atoms with Gasteiger partial charge in [0.1, 0.15) is 0 Å². The van der Waals surface area contributed by atoms with Gasteiger partial charge in [-0.15, -0.1) is 0 Å². The highest BCUT2D eigenvalue weighted by molar-refractivity contribution is 5.90. The molecule has 0 bridgehead atoms. The number of hydrogen-bond acceptors (Lipinski definition) is 3. The van der Waals surface area contributed by atoms with Crippen LogP contribution >= 0.6 is 0 Å². The Morgan fingerprint density at radius 2 is 1.96 bits per heavy atom. The van der Waals surface area contributed by atoms with Gasteiger partial charge in [-0.2, -0.15) is 0 Å². The summed E-state index contributed by atoms with van der Waals surface area (Å²) in [5.41, 5.74) is 5.90. The van der Waals surface area contributed by atoms with Crippen molar-refractivity contribution in [1.82, 2.24) is 5.32 Å². The van der Waals surface area contributed by atoms with Crippen molar-refractivity contribution in [3.05, 3.63) is 59.2 Å². The molecule has 1 saturated heterocycles. The largest absolute Gasteiger partial charge is 0.381 e. The topological polar surface area (TPSA) is 53.6 Å². The number of aryl methyl sites for hydroxylation is 1. The zero-order chi connectivity index (χ0) is 19.6. The maximum Gasteiger partial charge on any atom is 0.319 e. The van der Waals surface area contributed by atoms with Crippen LogP contribution in [0, 0.1) is 6.92 Å². The van der Waals surface area contributed by atoms with E-state index in [-0.39, 0.29) is 11.4 Å². The quantitative estimate of drug-likeness (QED) is 0.848. The molecule has 5 nitrogen and oxygen atoms in total. The third-order valence-corrected chi connectivity index (χ3v) is 6.22. The van der Waals surface area contributed by atoms with Crippen LogP contribution in [0.5, 0.6) is 0 Å². The summed E-state index contributed by atoms with van der Waals surface area (Å²) in [6.07, 6.45) is 2.91. The van der Waals surface area contributed by atoms with Crippen LogP contribution in [0.3, 0.4) is 0 Å². The Labute approximate surface area is 167 Å². The minimum absolute atomic E-state index is 0.0704. The predicted molar refractivity (Wildman–Crippen MR) is 113 cm³/mol. The first kappa shape index (κ1) is 18.8. The second-order valence-corrected chi connectivity index (χ2v) is 8.03. The molecule has 148 valence electrons. The third-order valence-electron chi connectivity index (χ3n) is 6.22. The van der Waals surface area contributed by atoms with Crippen molar-refractivity contribution in [1.29, 1.82) is 0 Å². The summed E-state index contributed by atoms with van der Waals surface area (Å²) >= 11 is 0. The molecule has 0 atom stereocenters. The standard InChI is InChI=1S/C23H29N3O2/c1-17-5-3-4-6-20(17)23(10-13-28-14-11-23)16-24-22(27)25-19-8-7-18-9-12-26(2)21(18)15-19/h3-8,15H,9-14,16H2,1-2H3,(H2,24,25,27). The van der Waals surface area contributed by atoms with Gasteiger partial charge < -0.3 is 20.3 Å². The molecule has 0 spiro atoms. The van der Waals surface area contributed by atoms with Crippen LogP contribution in [0.4, 0.5) is 16.2 Å². The molecule has 2 N–H and O–H groups in total. The van der Waals surface area contributed by atoms with Crippen molar-refractivity contribution in [2.45, 2.75) is 31.6 Å². The summed E-state index contributed by atoms with van der Waals surface area (Å²) in [5.74, 6) is 0. The Hall–Kier alpha value is -2.53. The molecule has 2 heterocycles. The Balaban J connectivity index is 1.45. The lowest BCUT2D eigenvalue weighted by Crippen LogP contribution is -2.46. The number of hydrogen-bond donors (Lipinski definition) is 2. The molecule has 28 heavy (non-hydrogen) atoms. The number of urea groups is 1. The number of amides is 2. The average Bonchev–Trinajstić information content (AvgIpc) is 3.08. The van der Waals surface area contributed by atoms with Crippen LogP contribution in [0.2, 0.25) is 0 Å². The number of carbonyl (C=O) groups excluding carboxylic acids is 1. The maximum absolute atomic E-state index is 12.6. The fourth-order valence-electron chi connectivity index (χ4n) is 4.51. The monoisotopic (exact) mass is 379 g/mol. The molecule has 2 amide bonds. The number of anilines is 2. The predicted octanol–water partition coefficient (Wildman–Crippen LogP) is 3.86. The van der Waals surface area contributed by atoms with Crippen molar-refractivity contribution >= 4 is 17.4 Å². The number of nitrogens with zero attached hydrogens (tertiary/aromatic N) is 1. The first-order chi connectivity index (χ1) is 13.6. The lowest BCUT2D eigenvalue weighted by molar-refractivity contribution is 0.0506. The molecule has 0 aliphatic carbocycles. The van der Waals surface area contributed by atoms with E-state index in [9.17, 15) is 4.79 Å². The Morgan fingerprint density at radius 1 is 1.18 bits per heavy atom. The summed E-state index contributed by atoms with van der Waals surface area (Å²) < 4.78 is 5.61. The third kappa shape index (κ3) is 3.72. The Bertz CT molecular complexity index is 859. The van der Waals surface area contributed by atoms with Crippen molar-refractivity contribution in [2.24, 2.45) is 0 Å². The number of carbonyl (C=O) groups is 1. The van der Waals surface area contributed by atoms with Crippen LogP contribution in [-0.2, 0) is 16.6 Å². The van der Waals surface area contributed by atoms with Gasteiger partial charge in [-0.05, 0) is 55.0 Å². The molecule has 0 unspecified atom stereocenters.